The predicted molar refractivity (Wildman–Crippen MR) is 102 cm³/mol. The van der Waals surface area contributed by atoms with Crippen LogP contribution in [0.15, 0.2) is 24.3 Å². The van der Waals surface area contributed by atoms with E-state index in [1.807, 2.05) is 29.3 Å². The topological polar surface area (TPSA) is 61.9 Å². The minimum atomic E-state index is -0.468. The minimum absolute atomic E-state index is 0.0346. The first-order chi connectivity index (χ1) is 13.2. The second-order valence-electron chi connectivity index (χ2n) is 8.00. The van der Waals surface area contributed by atoms with E-state index in [1.165, 1.54) is 32.1 Å². The highest BCUT2D eigenvalue weighted by Crippen LogP contribution is 2.33. The zero-order chi connectivity index (χ0) is 18.8. The van der Waals surface area contributed by atoms with Crippen LogP contribution in [0.1, 0.15) is 56.6 Å². The molecule has 6 nitrogen and oxygen atoms in total. The zero-order valence-electron chi connectivity index (χ0n) is 16.0. The normalized spacial score (nSPS) is 27.2. The third kappa shape index (κ3) is 3.68. The first-order valence-electron chi connectivity index (χ1n) is 10.2. The summed E-state index contributed by atoms with van der Waals surface area (Å²) < 4.78 is 5.26. The lowest BCUT2D eigenvalue weighted by atomic mass is 9.88. The number of benzene rings is 1. The molecule has 2 amide bonds. The number of hydrazine groups is 1. The third-order valence-electron chi connectivity index (χ3n) is 6.25. The molecule has 2 aliphatic heterocycles. The van der Waals surface area contributed by atoms with Gasteiger partial charge in [0.05, 0.1) is 7.11 Å². The molecule has 3 aliphatic rings. The fourth-order valence-electron chi connectivity index (χ4n) is 4.78. The van der Waals surface area contributed by atoms with Gasteiger partial charge in [-0.3, -0.25) is 15.0 Å². The maximum absolute atomic E-state index is 13.4. The van der Waals surface area contributed by atoms with Gasteiger partial charge in [0.15, 0.2) is 0 Å². The number of nitrogens with zero attached hydrogens (tertiary/aromatic N) is 2. The van der Waals surface area contributed by atoms with Crippen molar-refractivity contribution in [3.8, 4) is 5.75 Å². The molecule has 0 unspecified atom stereocenters. The van der Waals surface area contributed by atoms with Crippen LogP contribution in [-0.2, 0) is 9.59 Å². The van der Waals surface area contributed by atoms with Crippen LogP contribution in [0.2, 0.25) is 0 Å². The van der Waals surface area contributed by atoms with E-state index in [2.05, 4.69) is 5.43 Å². The van der Waals surface area contributed by atoms with Gasteiger partial charge >= 0.3 is 0 Å². The molecular weight excluding hydrogens is 342 g/mol. The Morgan fingerprint density at radius 2 is 1.78 bits per heavy atom. The van der Waals surface area contributed by atoms with E-state index in [9.17, 15) is 9.59 Å². The number of hydrogen-bond donors (Lipinski definition) is 1. The SMILES string of the molecule is COc1ccc([C@H]2C(=O)N3CCC[C@H]3C(=O)NN2CC2CCCCC2)cc1. The Morgan fingerprint density at radius 3 is 2.48 bits per heavy atom. The van der Waals surface area contributed by atoms with Gasteiger partial charge in [-0.15, -0.1) is 0 Å². The van der Waals surface area contributed by atoms with Crippen LogP contribution in [0.4, 0.5) is 0 Å². The Kier molecular flexibility index (Phi) is 5.34. The summed E-state index contributed by atoms with van der Waals surface area (Å²) in [5, 5.41) is 1.92. The maximum atomic E-state index is 13.4. The number of carbonyl (C=O) groups is 2. The number of carbonyl (C=O) groups excluding carboxylic acids is 2. The number of fused-ring (bicyclic) bond motifs is 1. The summed E-state index contributed by atoms with van der Waals surface area (Å²) in [7, 11) is 1.64. The van der Waals surface area contributed by atoms with E-state index >= 15 is 0 Å². The quantitative estimate of drug-likeness (QED) is 0.884. The van der Waals surface area contributed by atoms with Gasteiger partial charge < -0.3 is 9.64 Å². The van der Waals surface area contributed by atoms with Crippen molar-refractivity contribution in [2.75, 3.05) is 20.2 Å². The molecule has 2 heterocycles. The Hall–Kier alpha value is -2.08. The van der Waals surface area contributed by atoms with Crippen molar-refractivity contribution in [3.05, 3.63) is 29.8 Å². The Labute approximate surface area is 160 Å². The third-order valence-corrected chi connectivity index (χ3v) is 6.25. The lowest BCUT2D eigenvalue weighted by molar-refractivity contribution is -0.137. The standard InChI is InChI=1S/C21H29N3O3/c1-27-17-11-9-16(10-12-17)19-21(26)23-13-5-8-18(23)20(25)22-24(19)14-15-6-3-2-4-7-15/h9-12,15,18-19H,2-8,13-14H2,1H3,(H,22,25)/t18-,19-/m0/s1. The van der Waals surface area contributed by atoms with Crippen LogP contribution in [0.25, 0.3) is 0 Å². The van der Waals surface area contributed by atoms with E-state index in [0.717, 1.165) is 30.7 Å². The summed E-state index contributed by atoms with van der Waals surface area (Å²) >= 11 is 0. The van der Waals surface area contributed by atoms with Crippen LogP contribution in [-0.4, -0.2) is 48.0 Å². The molecule has 2 atom stereocenters. The molecule has 1 aromatic rings. The second-order valence-corrected chi connectivity index (χ2v) is 8.00. The zero-order valence-corrected chi connectivity index (χ0v) is 16.0. The fourth-order valence-corrected chi connectivity index (χ4v) is 4.78. The van der Waals surface area contributed by atoms with Crippen LogP contribution in [0.5, 0.6) is 5.75 Å². The van der Waals surface area contributed by atoms with E-state index in [4.69, 9.17) is 4.74 Å². The molecule has 3 fully saturated rings. The van der Waals surface area contributed by atoms with Crippen molar-refractivity contribution >= 4 is 11.8 Å². The summed E-state index contributed by atoms with van der Waals surface area (Å²) in [5.74, 6) is 1.30. The fraction of sp³-hybridized carbons (Fsp3) is 0.619. The van der Waals surface area contributed by atoms with Crippen molar-refractivity contribution in [2.45, 2.75) is 57.0 Å². The number of ether oxygens (including phenoxy) is 1. The lowest BCUT2D eigenvalue weighted by Gasteiger charge is -2.34. The number of hydrogen-bond acceptors (Lipinski definition) is 4. The molecule has 1 N–H and O–H groups in total. The molecule has 146 valence electrons. The lowest BCUT2D eigenvalue weighted by Crippen LogP contribution is -2.48. The highest BCUT2D eigenvalue weighted by atomic mass is 16.5. The second kappa shape index (κ2) is 7.89. The molecule has 0 spiro atoms. The first kappa shape index (κ1) is 18.3. The van der Waals surface area contributed by atoms with Gasteiger partial charge in [0, 0.05) is 13.1 Å². The van der Waals surface area contributed by atoms with Crippen LogP contribution in [0, 0.1) is 5.92 Å². The minimum Gasteiger partial charge on any atom is -0.497 e. The molecule has 27 heavy (non-hydrogen) atoms. The van der Waals surface area contributed by atoms with E-state index < -0.39 is 6.04 Å². The molecule has 0 aromatic heterocycles. The molecule has 1 aromatic carbocycles. The summed E-state index contributed by atoms with van der Waals surface area (Å²) in [4.78, 5) is 28.0. The van der Waals surface area contributed by atoms with E-state index in [0.29, 0.717) is 12.5 Å². The van der Waals surface area contributed by atoms with Gasteiger partial charge in [-0.1, -0.05) is 31.4 Å². The number of methoxy groups -OCH3 is 1. The molecule has 1 saturated carbocycles. The van der Waals surface area contributed by atoms with Crippen molar-refractivity contribution in [3.63, 3.8) is 0 Å². The Morgan fingerprint density at radius 1 is 1.04 bits per heavy atom. The largest absolute Gasteiger partial charge is 0.497 e. The molecular formula is C21H29N3O3. The van der Waals surface area contributed by atoms with Gasteiger partial charge in [0.1, 0.15) is 17.8 Å². The highest BCUT2D eigenvalue weighted by Gasteiger charge is 2.44. The average molecular weight is 371 g/mol. The average Bonchev–Trinajstić information content (AvgIpc) is 3.16. The van der Waals surface area contributed by atoms with Gasteiger partial charge in [0.2, 0.25) is 5.91 Å². The summed E-state index contributed by atoms with van der Waals surface area (Å²) in [6.45, 7) is 1.40. The number of nitrogens with one attached hydrogen (secondary N) is 1. The molecule has 0 bridgehead atoms. The summed E-state index contributed by atoms with van der Waals surface area (Å²) in [5.41, 5.74) is 4.01. The molecule has 4 rings (SSSR count). The van der Waals surface area contributed by atoms with Gasteiger partial charge in [-0.2, -0.15) is 0 Å². The van der Waals surface area contributed by atoms with Gasteiger partial charge in [0.25, 0.3) is 5.91 Å². The van der Waals surface area contributed by atoms with E-state index in [-0.39, 0.29) is 17.9 Å². The van der Waals surface area contributed by atoms with Crippen molar-refractivity contribution in [1.82, 2.24) is 15.3 Å². The van der Waals surface area contributed by atoms with Gasteiger partial charge in [-0.25, -0.2) is 5.01 Å². The molecule has 1 aliphatic carbocycles. The molecule has 0 radical (unpaired) electrons. The van der Waals surface area contributed by atoms with Crippen LogP contribution >= 0.6 is 0 Å². The molecule has 6 heteroatoms. The van der Waals surface area contributed by atoms with Crippen molar-refractivity contribution in [2.24, 2.45) is 5.92 Å². The number of rotatable bonds is 4. The smallest absolute Gasteiger partial charge is 0.257 e. The predicted octanol–water partition coefficient (Wildman–Crippen LogP) is 2.65. The first-order valence-corrected chi connectivity index (χ1v) is 10.2. The Bertz CT molecular complexity index is 684. The molecule has 2 saturated heterocycles. The summed E-state index contributed by atoms with van der Waals surface area (Å²) in [6.07, 6.45) is 7.75. The van der Waals surface area contributed by atoms with Crippen LogP contribution < -0.4 is 10.2 Å². The highest BCUT2D eigenvalue weighted by molar-refractivity contribution is 5.93. The number of amides is 2. The van der Waals surface area contributed by atoms with Crippen molar-refractivity contribution in [1.29, 1.82) is 0 Å². The maximum Gasteiger partial charge on any atom is 0.257 e. The van der Waals surface area contributed by atoms with Crippen LogP contribution in [0.3, 0.4) is 0 Å². The monoisotopic (exact) mass is 371 g/mol. The van der Waals surface area contributed by atoms with Crippen molar-refractivity contribution < 1.29 is 14.3 Å². The summed E-state index contributed by atoms with van der Waals surface area (Å²) in [6, 6.07) is 6.86. The Balaban J connectivity index is 1.65. The van der Waals surface area contributed by atoms with Gasteiger partial charge in [-0.05, 0) is 49.3 Å². The van der Waals surface area contributed by atoms with E-state index in [1.54, 1.807) is 12.0 Å².